The molecule has 1 amide bonds. The number of benzene rings is 1. The van der Waals surface area contributed by atoms with Gasteiger partial charge in [-0.3, -0.25) is 4.79 Å². The number of hydrogen-bond acceptors (Lipinski definition) is 3. The standard InChI is InChI=1S/C14H13ClFNO2S/c1-14(19,9-5-6-20-7-9)8-17-13(18)12-10(15)3-2-4-11(12)16/h2-7,19H,8H2,1H3,(H,17,18)/t14-/m1/s1. The molecule has 1 aromatic heterocycles. The van der Waals surface area contributed by atoms with E-state index >= 15 is 0 Å². The van der Waals surface area contributed by atoms with Crippen LogP contribution in [-0.4, -0.2) is 17.6 Å². The van der Waals surface area contributed by atoms with Gasteiger partial charge in [0.05, 0.1) is 17.1 Å². The Morgan fingerprint density at radius 2 is 2.25 bits per heavy atom. The van der Waals surface area contributed by atoms with E-state index in [-0.39, 0.29) is 17.1 Å². The van der Waals surface area contributed by atoms with E-state index in [0.29, 0.717) is 5.56 Å². The number of hydrogen-bond donors (Lipinski definition) is 2. The van der Waals surface area contributed by atoms with Crippen LogP contribution >= 0.6 is 22.9 Å². The van der Waals surface area contributed by atoms with Crippen molar-refractivity contribution in [3.63, 3.8) is 0 Å². The average molecular weight is 314 g/mol. The molecule has 2 rings (SSSR count). The molecular weight excluding hydrogens is 301 g/mol. The number of rotatable bonds is 4. The van der Waals surface area contributed by atoms with Crippen LogP contribution in [-0.2, 0) is 5.60 Å². The fourth-order valence-corrected chi connectivity index (χ4v) is 2.76. The average Bonchev–Trinajstić information content (AvgIpc) is 2.91. The van der Waals surface area contributed by atoms with Crippen molar-refractivity contribution in [2.45, 2.75) is 12.5 Å². The van der Waals surface area contributed by atoms with Gasteiger partial charge in [0.2, 0.25) is 0 Å². The highest BCUT2D eigenvalue weighted by molar-refractivity contribution is 7.08. The molecule has 0 radical (unpaired) electrons. The van der Waals surface area contributed by atoms with Crippen LogP contribution < -0.4 is 5.32 Å². The number of carbonyl (C=O) groups is 1. The summed E-state index contributed by atoms with van der Waals surface area (Å²) in [7, 11) is 0. The van der Waals surface area contributed by atoms with Crippen LogP contribution in [0.15, 0.2) is 35.0 Å². The molecule has 1 atom stereocenters. The first-order valence-electron chi connectivity index (χ1n) is 5.89. The summed E-state index contributed by atoms with van der Waals surface area (Å²) in [5, 5.41) is 16.4. The predicted octanol–water partition coefficient (Wildman–Crippen LogP) is 3.18. The molecule has 6 heteroatoms. The molecule has 0 unspecified atom stereocenters. The number of aliphatic hydroxyl groups is 1. The van der Waals surface area contributed by atoms with E-state index < -0.39 is 17.3 Å². The van der Waals surface area contributed by atoms with Crippen LogP contribution in [0.25, 0.3) is 0 Å². The Labute approximate surface area is 125 Å². The number of carbonyl (C=O) groups excluding carboxylic acids is 1. The maximum atomic E-state index is 13.6. The van der Waals surface area contributed by atoms with Gasteiger partial charge in [-0.05, 0) is 41.4 Å². The van der Waals surface area contributed by atoms with Gasteiger partial charge in [0.15, 0.2) is 0 Å². The fraction of sp³-hybridized carbons (Fsp3) is 0.214. The van der Waals surface area contributed by atoms with E-state index in [1.807, 2.05) is 5.38 Å². The third kappa shape index (κ3) is 3.17. The lowest BCUT2D eigenvalue weighted by atomic mass is 9.99. The molecule has 1 aromatic carbocycles. The van der Waals surface area contributed by atoms with Crippen molar-refractivity contribution in [2.75, 3.05) is 6.54 Å². The van der Waals surface area contributed by atoms with Crippen molar-refractivity contribution in [1.82, 2.24) is 5.32 Å². The maximum absolute atomic E-state index is 13.6. The third-order valence-electron chi connectivity index (χ3n) is 2.93. The van der Waals surface area contributed by atoms with Gasteiger partial charge in [0.25, 0.3) is 5.91 Å². The first kappa shape index (κ1) is 15.0. The van der Waals surface area contributed by atoms with E-state index in [4.69, 9.17) is 11.6 Å². The number of nitrogens with one attached hydrogen (secondary N) is 1. The second-order valence-electron chi connectivity index (χ2n) is 4.57. The maximum Gasteiger partial charge on any atom is 0.255 e. The summed E-state index contributed by atoms with van der Waals surface area (Å²) in [6, 6.07) is 5.80. The Hall–Kier alpha value is -1.43. The van der Waals surface area contributed by atoms with Crippen LogP contribution in [0.2, 0.25) is 5.02 Å². The van der Waals surface area contributed by atoms with Crippen LogP contribution in [0.1, 0.15) is 22.8 Å². The van der Waals surface area contributed by atoms with Gasteiger partial charge in [-0.1, -0.05) is 17.7 Å². The minimum absolute atomic E-state index is 0.0345. The van der Waals surface area contributed by atoms with Gasteiger partial charge < -0.3 is 10.4 Å². The van der Waals surface area contributed by atoms with E-state index in [2.05, 4.69) is 5.32 Å². The van der Waals surface area contributed by atoms with Gasteiger partial charge in [-0.2, -0.15) is 11.3 Å². The van der Waals surface area contributed by atoms with Gasteiger partial charge in [0.1, 0.15) is 11.4 Å². The molecular formula is C14H13ClFNO2S. The van der Waals surface area contributed by atoms with Crippen molar-refractivity contribution in [1.29, 1.82) is 0 Å². The highest BCUT2D eigenvalue weighted by Gasteiger charge is 2.25. The molecule has 2 aromatic rings. The van der Waals surface area contributed by atoms with Gasteiger partial charge >= 0.3 is 0 Å². The van der Waals surface area contributed by atoms with E-state index in [0.717, 1.165) is 6.07 Å². The first-order valence-corrected chi connectivity index (χ1v) is 7.21. The molecule has 20 heavy (non-hydrogen) atoms. The molecule has 0 bridgehead atoms. The lowest BCUT2D eigenvalue weighted by Gasteiger charge is -2.23. The summed E-state index contributed by atoms with van der Waals surface area (Å²) in [6.07, 6.45) is 0. The molecule has 0 saturated heterocycles. The SMILES string of the molecule is C[C@@](O)(CNC(=O)c1c(F)cccc1Cl)c1ccsc1. The normalized spacial score (nSPS) is 13.8. The Bertz CT molecular complexity index is 593. The van der Waals surface area contributed by atoms with Gasteiger partial charge in [-0.25, -0.2) is 4.39 Å². The largest absolute Gasteiger partial charge is 0.384 e. The smallest absolute Gasteiger partial charge is 0.255 e. The quantitative estimate of drug-likeness (QED) is 0.911. The zero-order chi connectivity index (χ0) is 14.8. The summed E-state index contributed by atoms with van der Waals surface area (Å²) in [4.78, 5) is 12.0. The summed E-state index contributed by atoms with van der Waals surface area (Å²) in [6.45, 7) is 1.55. The number of halogens is 2. The summed E-state index contributed by atoms with van der Waals surface area (Å²) in [5.41, 5.74) is -0.731. The molecule has 1 heterocycles. The van der Waals surface area contributed by atoms with Crippen LogP contribution in [0.3, 0.4) is 0 Å². The Balaban J connectivity index is 2.10. The summed E-state index contributed by atoms with van der Waals surface area (Å²) < 4.78 is 13.6. The van der Waals surface area contributed by atoms with Crippen LogP contribution in [0.5, 0.6) is 0 Å². The third-order valence-corrected chi connectivity index (χ3v) is 3.92. The zero-order valence-corrected chi connectivity index (χ0v) is 12.3. The second kappa shape index (κ2) is 5.91. The lowest BCUT2D eigenvalue weighted by molar-refractivity contribution is 0.0529. The van der Waals surface area contributed by atoms with Gasteiger partial charge in [-0.15, -0.1) is 0 Å². The molecule has 2 N–H and O–H groups in total. The monoisotopic (exact) mass is 313 g/mol. The lowest BCUT2D eigenvalue weighted by Crippen LogP contribution is -2.38. The predicted molar refractivity (Wildman–Crippen MR) is 77.6 cm³/mol. The van der Waals surface area contributed by atoms with E-state index in [9.17, 15) is 14.3 Å². The number of amides is 1. The van der Waals surface area contributed by atoms with E-state index in [1.54, 1.807) is 18.4 Å². The summed E-state index contributed by atoms with van der Waals surface area (Å²) in [5.74, 6) is -1.34. The molecule has 0 aliphatic rings. The molecule has 3 nitrogen and oxygen atoms in total. The second-order valence-corrected chi connectivity index (χ2v) is 5.75. The van der Waals surface area contributed by atoms with Crippen LogP contribution in [0, 0.1) is 5.82 Å². The topological polar surface area (TPSA) is 49.3 Å². The Morgan fingerprint density at radius 1 is 1.50 bits per heavy atom. The van der Waals surface area contributed by atoms with Gasteiger partial charge in [0, 0.05) is 0 Å². The molecule has 0 aliphatic heterocycles. The molecule has 0 saturated carbocycles. The molecule has 0 fully saturated rings. The highest BCUT2D eigenvalue weighted by Crippen LogP contribution is 2.23. The Kier molecular flexibility index (Phi) is 4.42. The minimum atomic E-state index is -1.21. The van der Waals surface area contributed by atoms with Crippen molar-refractivity contribution in [3.05, 3.63) is 57.0 Å². The van der Waals surface area contributed by atoms with Crippen molar-refractivity contribution >= 4 is 28.8 Å². The molecule has 0 spiro atoms. The Morgan fingerprint density at radius 3 is 2.85 bits per heavy atom. The highest BCUT2D eigenvalue weighted by atomic mass is 35.5. The van der Waals surface area contributed by atoms with Crippen molar-refractivity contribution in [2.24, 2.45) is 0 Å². The number of thiophene rings is 1. The minimum Gasteiger partial charge on any atom is -0.384 e. The zero-order valence-electron chi connectivity index (χ0n) is 10.7. The first-order chi connectivity index (χ1) is 9.42. The van der Waals surface area contributed by atoms with E-state index in [1.165, 1.54) is 23.5 Å². The fourth-order valence-electron chi connectivity index (χ4n) is 1.73. The molecule has 0 aliphatic carbocycles. The van der Waals surface area contributed by atoms with Crippen molar-refractivity contribution in [3.8, 4) is 0 Å². The van der Waals surface area contributed by atoms with Crippen molar-refractivity contribution < 1.29 is 14.3 Å². The van der Waals surface area contributed by atoms with Crippen LogP contribution in [0.4, 0.5) is 4.39 Å². The molecule has 106 valence electrons. The summed E-state index contributed by atoms with van der Waals surface area (Å²) >= 11 is 7.26.